The summed E-state index contributed by atoms with van der Waals surface area (Å²) >= 11 is 0. The van der Waals surface area contributed by atoms with Gasteiger partial charge in [0.05, 0.1) is 6.04 Å². The first-order valence-electron chi connectivity index (χ1n) is 6.88. The lowest BCUT2D eigenvalue weighted by atomic mass is 9.85. The van der Waals surface area contributed by atoms with E-state index in [1.54, 1.807) is 0 Å². The van der Waals surface area contributed by atoms with Gasteiger partial charge in [-0.05, 0) is 32.2 Å². The molecule has 0 aromatic carbocycles. The lowest BCUT2D eigenvalue weighted by Crippen LogP contribution is -2.45. The van der Waals surface area contributed by atoms with E-state index in [9.17, 15) is 4.79 Å². The molecule has 1 saturated carbocycles. The number of nitrogens with zero attached hydrogens (tertiary/aromatic N) is 1. The van der Waals surface area contributed by atoms with Crippen LogP contribution in [0.25, 0.3) is 0 Å². The van der Waals surface area contributed by atoms with Crippen LogP contribution in [0.5, 0.6) is 0 Å². The second kappa shape index (κ2) is 5.83. The van der Waals surface area contributed by atoms with Crippen LogP contribution >= 0.6 is 0 Å². The number of fused-ring (bicyclic) bond motifs is 1. The van der Waals surface area contributed by atoms with Crippen LogP contribution < -0.4 is 10.6 Å². The summed E-state index contributed by atoms with van der Waals surface area (Å²) < 4.78 is 0. The van der Waals surface area contributed by atoms with E-state index in [0.717, 1.165) is 25.4 Å². The van der Waals surface area contributed by atoms with Crippen molar-refractivity contribution in [3.8, 4) is 0 Å². The van der Waals surface area contributed by atoms with E-state index in [2.05, 4.69) is 10.6 Å². The first-order valence-corrected chi connectivity index (χ1v) is 6.88. The van der Waals surface area contributed by atoms with Crippen molar-refractivity contribution in [1.29, 1.82) is 0 Å². The summed E-state index contributed by atoms with van der Waals surface area (Å²) in [5.74, 6) is 1.02. The Labute approximate surface area is 104 Å². The maximum atomic E-state index is 12.2. The minimum absolute atomic E-state index is 0.0740. The largest absolute Gasteiger partial charge is 0.343 e. The number of rotatable bonds is 4. The van der Waals surface area contributed by atoms with Crippen molar-refractivity contribution in [2.45, 2.75) is 44.2 Å². The lowest BCUT2D eigenvalue weighted by molar-refractivity contribution is -0.131. The fourth-order valence-electron chi connectivity index (χ4n) is 3.17. The Hall–Kier alpha value is -0.610. The van der Waals surface area contributed by atoms with Crippen molar-refractivity contribution in [3.63, 3.8) is 0 Å². The summed E-state index contributed by atoms with van der Waals surface area (Å²) in [5, 5.41) is 6.62. The van der Waals surface area contributed by atoms with Gasteiger partial charge in [0.1, 0.15) is 0 Å². The van der Waals surface area contributed by atoms with Crippen molar-refractivity contribution in [3.05, 3.63) is 0 Å². The number of amides is 1. The van der Waals surface area contributed by atoms with Crippen LogP contribution in [0.1, 0.15) is 32.1 Å². The Bertz CT molecular complexity index is 255. The number of carbonyl (C=O) groups excluding carboxylic acids is 1. The first kappa shape index (κ1) is 12.8. The highest BCUT2D eigenvalue weighted by Gasteiger charge is 2.38. The molecule has 98 valence electrons. The zero-order valence-corrected chi connectivity index (χ0v) is 11.0. The third-order valence-electron chi connectivity index (χ3n) is 4.23. The summed E-state index contributed by atoms with van der Waals surface area (Å²) in [6.07, 6.45) is 6.29. The second-order valence-electron chi connectivity index (χ2n) is 5.47. The number of likely N-dealkylation sites (N-methyl/N-ethyl adjacent to an activating group) is 2. The highest BCUT2D eigenvalue weighted by Crippen LogP contribution is 2.33. The van der Waals surface area contributed by atoms with Gasteiger partial charge in [0.15, 0.2) is 0 Å². The Morgan fingerprint density at radius 3 is 2.88 bits per heavy atom. The van der Waals surface area contributed by atoms with Crippen LogP contribution in [0.15, 0.2) is 0 Å². The molecule has 1 amide bonds. The molecular formula is C13H25N3O. The number of carbonyl (C=O) groups is 1. The van der Waals surface area contributed by atoms with E-state index < -0.39 is 0 Å². The molecule has 4 heteroatoms. The Balaban J connectivity index is 1.84. The van der Waals surface area contributed by atoms with Crippen LogP contribution in [0.3, 0.4) is 0 Å². The average Bonchev–Trinajstić information content (AvgIpc) is 2.78. The van der Waals surface area contributed by atoms with Gasteiger partial charge in [-0.1, -0.05) is 12.8 Å². The predicted octanol–water partition coefficient (Wildman–Crippen LogP) is 0.585. The molecule has 4 nitrogen and oxygen atoms in total. The SMILES string of the molecule is CNCCN(C)C(=O)C1CC2CCCCC2N1. The topological polar surface area (TPSA) is 44.4 Å². The van der Waals surface area contributed by atoms with Gasteiger partial charge in [0, 0.05) is 26.2 Å². The molecule has 2 fully saturated rings. The maximum absolute atomic E-state index is 12.2. The molecule has 3 unspecified atom stereocenters. The van der Waals surface area contributed by atoms with Gasteiger partial charge < -0.3 is 15.5 Å². The molecule has 1 aliphatic carbocycles. The minimum atomic E-state index is 0.0740. The van der Waals surface area contributed by atoms with E-state index in [4.69, 9.17) is 0 Å². The van der Waals surface area contributed by atoms with Gasteiger partial charge in [-0.3, -0.25) is 4.79 Å². The second-order valence-corrected chi connectivity index (χ2v) is 5.47. The monoisotopic (exact) mass is 239 g/mol. The zero-order valence-electron chi connectivity index (χ0n) is 11.0. The van der Waals surface area contributed by atoms with Crippen molar-refractivity contribution >= 4 is 5.91 Å². The van der Waals surface area contributed by atoms with Crippen molar-refractivity contribution in [2.24, 2.45) is 5.92 Å². The van der Waals surface area contributed by atoms with Crippen LogP contribution in [0.4, 0.5) is 0 Å². The molecule has 1 saturated heterocycles. The van der Waals surface area contributed by atoms with Crippen LogP contribution in [0.2, 0.25) is 0 Å². The van der Waals surface area contributed by atoms with E-state index >= 15 is 0 Å². The Morgan fingerprint density at radius 2 is 2.18 bits per heavy atom. The van der Waals surface area contributed by atoms with E-state index in [-0.39, 0.29) is 11.9 Å². The minimum Gasteiger partial charge on any atom is -0.343 e. The standard InChI is InChI=1S/C13H25N3O/c1-14-7-8-16(2)13(17)12-9-10-5-3-4-6-11(10)15-12/h10-12,14-15H,3-9H2,1-2H3. The highest BCUT2D eigenvalue weighted by molar-refractivity contribution is 5.82. The summed E-state index contributed by atoms with van der Waals surface area (Å²) in [7, 11) is 3.82. The molecule has 2 aliphatic rings. The molecular weight excluding hydrogens is 214 g/mol. The third-order valence-corrected chi connectivity index (χ3v) is 4.23. The third kappa shape index (κ3) is 2.99. The molecule has 0 bridgehead atoms. The normalized spacial score (nSPS) is 32.2. The Morgan fingerprint density at radius 1 is 1.41 bits per heavy atom. The summed E-state index contributed by atoms with van der Waals surface area (Å²) in [6, 6.07) is 0.681. The van der Waals surface area contributed by atoms with Gasteiger partial charge >= 0.3 is 0 Å². The fraction of sp³-hybridized carbons (Fsp3) is 0.923. The van der Waals surface area contributed by atoms with Gasteiger partial charge in [0.25, 0.3) is 0 Å². The van der Waals surface area contributed by atoms with Gasteiger partial charge in [-0.2, -0.15) is 0 Å². The highest BCUT2D eigenvalue weighted by atomic mass is 16.2. The molecule has 0 aromatic rings. The molecule has 3 atom stereocenters. The zero-order chi connectivity index (χ0) is 12.3. The average molecular weight is 239 g/mol. The number of hydrogen-bond donors (Lipinski definition) is 2. The predicted molar refractivity (Wildman–Crippen MR) is 68.9 cm³/mol. The van der Waals surface area contributed by atoms with E-state index in [0.29, 0.717) is 6.04 Å². The summed E-state index contributed by atoms with van der Waals surface area (Å²) in [4.78, 5) is 14.1. The van der Waals surface area contributed by atoms with E-state index in [1.807, 2.05) is 19.0 Å². The summed E-state index contributed by atoms with van der Waals surface area (Å²) in [6.45, 7) is 1.66. The number of nitrogens with one attached hydrogen (secondary N) is 2. The first-order chi connectivity index (χ1) is 8.22. The molecule has 1 heterocycles. The van der Waals surface area contributed by atoms with Crippen molar-refractivity contribution < 1.29 is 4.79 Å². The molecule has 2 rings (SSSR count). The quantitative estimate of drug-likeness (QED) is 0.754. The van der Waals surface area contributed by atoms with Crippen LogP contribution in [0, 0.1) is 5.92 Å². The van der Waals surface area contributed by atoms with Crippen LogP contribution in [-0.4, -0.2) is 50.1 Å². The van der Waals surface area contributed by atoms with Gasteiger partial charge in [-0.25, -0.2) is 0 Å². The summed E-state index contributed by atoms with van der Waals surface area (Å²) in [5.41, 5.74) is 0. The van der Waals surface area contributed by atoms with Crippen molar-refractivity contribution in [2.75, 3.05) is 27.2 Å². The lowest BCUT2D eigenvalue weighted by Gasteiger charge is -2.24. The molecule has 0 spiro atoms. The molecule has 17 heavy (non-hydrogen) atoms. The smallest absolute Gasteiger partial charge is 0.239 e. The molecule has 1 aliphatic heterocycles. The maximum Gasteiger partial charge on any atom is 0.239 e. The number of hydrogen-bond acceptors (Lipinski definition) is 3. The molecule has 0 aromatic heterocycles. The van der Waals surface area contributed by atoms with Crippen LogP contribution in [-0.2, 0) is 4.79 Å². The van der Waals surface area contributed by atoms with Gasteiger partial charge in [0.2, 0.25) is 5.91 Å². The fourth-order valence-corrected chi connectivity index (χ4v) is 3.17. The van der Waals surface area contributed by atoms with Gasteiger partial charge in [-0.15, -0.1) is 0 Å². The molecule has 0 radical (unpaired) electrons. The Kier molecular flexibility index (Phi) is 4.40. The van der Waals surface area contributed by atoms with Crippen molar-refractivity contribution in [1.82, 2.24) is 15.5 Å². The van der Waals surface area contributed by atoms with E-state index in [1.165, 1.54) is 25.7 Å². The molecule has 2 N–H and O–H groups in total.